The Labute approximate surface area is 117 Å². The van der Waals surface area contributed by atoms with E-state index in [4.69, 9.17) is 5.73 Å². The van der Waals surface area contributed by atoms with Crippen LogP contribution in [0.3, 0.4) is 0 Å². The normalized spacial score (nSPS) is 12.1. The van der Waals surface area contributed by atoms with Gasteiger partial charge in [-0.25, -0.2) is 0 Å². The van der Waals surface area contributed by atoms with Gasteiger partial charge in [-0.1, -0.05) is 30.3 Å². The second-order valence-corrected chi connectivity index (χ2v) is 4.41. The zero-order valence-electron chi connectivity index (χ0n) is 11.3. The van der Waals surface area contributed by atoms with E-state index in [0.29, 0.717) is 12.2 Å². The van der Waals surface area contributed by atoms with Crippen LogP contribution in [0.2, 0.25) is 0 Å². The lowest BCUT2D eigenvalue weighted by Gasteiger charge is -2.16. The molecule has 4 N–H and O–H groups in total. The molecule has 0 radical (unpaired) electrons. The maximum absolute atomic E-state index is 12.2. The van der Waals surface area contributed by atoms with Crippen molar-refractivity contribution in [2.24, 2.45) is 0 Å². The number of aryl methyl sites for hydroxylation is 1. The summed E-state index contributed by atoms with van der Waals surface area (Å²) in [5.74, 6) is -0.391. The number of carbonyl (C=O) groups excluding carboxylic acids is 1. The standard InChI is InChI=1S/C14H18N4O2/c1-2-18-8-11(15)13(17-18)14(20)16-12(9-19)10-6-4-3-5-7-10/h3-8,12,19H,2,9,15H2,1H3,(H,16,20). The molecule has 0 fully saturated rings. The van der Waals surface area contributed by atoms with Crippen LogP contribution in [0, 0.1) is 0 Å². The second kappa shape index (κ2) is 6.21. The molecule has 0 aliphatic rings. The van der Waals surface area contributed by atoms with Crippen LogP contribution in [0.5, 0.6) is 0 Å². The number of nitrogens with zero attached hydrogens (tertiary/aromatic N) is 2. The predicted octanol–water partition coefficient (Wildman–Crippen LogP) is 0.949. The number of aromatic nitrogens is 2. The van der Waals surface area contributed by atoms with Crippen LogP contribution in [0.4, 0.5) is 5.69 Å². The van der Waals surface area contributed by atoms with E-state index >= 15 is 0 Å². The molecule has 0 saturated heterocycles. The van der Waals surface area contributed by atoms with Crippen molar-refractivity contribution in [1.82, 2.24) is 15.1 Å². The third-order valence-electron chi connectivity index (χ3n) is 3.02. The predicted molar refractivity (Wildman–Crippen MR) is 76.0 cm³/mol. The van der Waals surface area contributed by atoms with E-state index < -0.39 is 11.9 Å². The van der Waals surface area contributed by atoms with Crippen LogP contribution in [-0.2, 0) is 6.54 Å². The molecule has 0 aliphatic heterocycles. The van der Waals surface area contributed by atoms with Crippen LogP contribution < -0.4 is 11.1 Å². The fourth-order valence-electron chi connectivity index (χ4n) is 1.92. The number of nitrogen functional groups attached to an aromatic ring is 1. The molecule has 20 heavy (non-hydrogen) atoms. The first-order chi connectivity index (χ1) is 9.65. The van der Waals surface area contributed by atoms with Gasteiger partial charge in [0.25, 0.3) is 5.91 Å². The number of anilines is 1. The summed E-state index contributed by atoms with van der Waals surface area (Å²) in [4.78, 5) is 12.2. The molecule has 1 atom stereocenters. The number of carbonyl (C=O) groups is 1. The largest absolute Gasteiger partial charge is 0.396 e. The van der Waals surface area contributed by atoms with E-state index in [9.17, 15) is 9.90 Å². The number of aliphatic hydroxyl groups is 1. The Morgan fingerprint density at radius 3 is 2.70 bits per heavy atom. The highest BCUT2D eigenvalue weighted by molar-refractivity contribution is 5.97. The van der Waals surface area contributed by atoms with Crippen molar-refractivity contribution in [2.75, 3.05) is 12.3 Å². The van der Waals surface area contributed by atoms with E-state index in [1.807, 2.05) is 37.3 Å². The van der Waals surface area contributed by atoms with Crippen molar-refractivity contribution in [3.8, 4) is 0 Å². The highest BCUT2D eigenvalue weighted by Crippen LogP contribution is 2.14. The van der Waals surface area contributed by atoms with Crippen LogP contribution in [0.25, 0.3) is 0 Å². The van der Waals surface area contributed by atoms with Crippen molar-refractivity contribution in [3.05, 3.63) is 47.8 Å². The van der Waals surface area contributed by atoms with Gasteiger partial charge in [0, 0.05) is 12.7 Å². The molecule has 1 unspecified atom stereocenters. The molecule has 0 bridgehead atoms. The fourth-order valence-corrected chi connectivity index (χ4v) is 1.92. The number of nitrogens with two attached hydrogens (primary N) is 1. The fraction of sp³-hybridized carbons (Fsp3) is 0.286. The van der Waals surface area contributed by atoms with Crippen LogP contribution in [0.1, 0.15) is 29.0 Å². The van der Waals surface area contributed by atoms with E-state index in [0.717, 1.165) is 5.56 Å². The molecule has 1 amide bonds. The minimum absolute atomic E-state index is 0.182. The molecule has 106 valence electrons. The molecular weight excluding hydrogens is 256 g/mol. The Morgan fingerprint density at radius 1 is 1.45 bits per heavy atom. The first kappa shape index (κ1) is 14.1. The summed E-state index contributed by atoms with van der Waals surface area (Å²) < 4.78 is 1.60. The Hall–Kier alpha value is -2.34. The topological polar surface area (TPSA) is 93.2 Å². The van der Waals surface area contributed by atoms with Crippen molar-refractivity contribution >= 4 is 11.6 Å². The summed E-state index contributed by atoms with van der Waals surface area (Å²) in [6.07, 6.45) is 1.62. The summed E-state index contributed by atoms with van der Waals surface area (Å²) in [6, 6.07) is 8.79. The molecule has 1 aromatic carbocycles. The average Bonchev–Trinajstić information content (AvgIpc) is 2.86. The number of benzene rings is 1. The van der Waals surface area contributed by atoms with Gasteiger partial charge < -0.3 is 16.2 Å². The highest BCUT2D eigenvalue weighted by atomic mass is 16.3. The lowest BCUT2D eigenvalue weighted by Crippen LogP contribution is -2.31. The summed E-state index contributed by atoms with van der Waals surface area (Å²) in [7, 11) is 0. The van der Waals surface area contributed by atoms with Crippen molar-refractivity contribution in [1.29, 1.82) is 0 Å². The van der Waals surface area contributed by atoms with Crippen LogP contribution >= 0.6 is 0 Å². The number of aliphatic hydroxyl groups excluding tert-OH is 1. The first-order valence-electron chi connectivity index (χ1n) is 6.45. The van der Waals surface area contributed by atoms with Gasteiger partial charge in [-0.15, -0.1) is 0 Å². The zero-order valence-corrected chi connectivity index (χ0v) is 11.3. The molecule has 1 heterocycles. The summed E-state index contributed by atoms with van der Waals surface area (Å²) >= 11 is 0. The molecule has 6 nitrogen and oxygen atoms in total. The number of hydrogen-bond acceptors (Lipinski definition) is 4. The van der Waals surface area contributed by atoms with E-state index in [1.54, 1.807) is 10.9 Å². The van der Waals surface area contributed by atoms with Gasteiger partial charge in [0.05, 0.1) is 18.3 Å². The minimum atomic E-state index is -0.477. The van der Waals surface area contributed by atoms with Crippen LogP contribution in [0.15, 0.2) is 36.5 Å². The lowest BCUT2D eigenvalue weighted by atomic mass is 10.1. The SMILES string of the molecule is CCn1cc(N)c(C(=O)NC(CO)c2ccccc2)n1. The molecule has 0 spiro atoms. The summed E-state index contributed by atoms with van der Waals surface area (Å²) in [5, 5.41) is 16.3. The van der Waals surface area contributed by atoms with Gasteiger partial charge in [-0.3, -0.25) is 9.48 Å². The Morgan fingerprint density at radius 2 is 2.15 bits per heavy atom. The van der Waals surface area contributed by atoms with Gasteiger partial charge in [-0.05, 0) is 12.5 Å². The molecule has 0 saturated carbocycles. The van der Waals surface area contributed by atoms with Crippen molar-refractivity contribution < 1.29 is 9.90 Å². The van der Waals surface area contributed by atoms with Gasteiger partial charge >= 0.3 is 0 Å². The Bertz CT molecular complexity index is 580. The monoisotopic (exact) mass is 274 g/mol. The molecule has 1 aromatic heterocycles. The van der Waals surface area contributed by atoms with E-state index in [2.05, 4.69) is 10.4 Å². The number of nitrogens with one attached hydrogen (secondary N) is 1. The number of hydrogen-bond donors (Lipinski definition) is 3. The van der Waals surface area contributed by atoms with E-state index in [1.165, 1.54) is 0 Å². The third kappa shape index (κ3) is 2.97. The molecule has 0 aliphatic carbocycles. The molecule has 2 aromatic rings. The maximum atomic E-state index is 12.2. The average molecular weight is 274 g/mol. The van der Waals surface area contributed by atoms with Gasteiger partial charge in [0.1, 0.15) is 0 Å². The van der Waals surface area contributed by atoms with Crippen molar-refractivity contribution in [3.63, 3.8) is 0 Å². The maximum Gasteiger partial charge on any atom is 0.274 e. The second-order valence-electron chi connectivity index (χ2n) is 4.41. The number of rotatable bonds is 5. The van der Waals surface area contributed by atoms with Crippen molar-refractivity contribution in [2.45, 2.75) is 19.5 Å². The number of amides is 1. The highest BCUT2D eigenvalue weighted by Gasteiger charge is 2.19. The Kier molecular flexibility index (Phi) is 4.37. The molecule has 6 heteroatoms. The molecular formula is C14H18N4O2. The van der Waals surface area contributed by atoms with Crippen LogP contribution in [-0.4, -0.2) is 27.4 Å². The quantitative estimate of drug-likeness (QED) is 0.756. The summed E-state index contributed by atoms with van der Waals surface area (Å²) in [6.45, 7) is 2.36. The Balaban J connectivity index is 2.15. The van der Waals surface area contributed by atoms with Gasteiger partial charge in [0.2, 0.25) is 0 Å². The molecule has 2 rings (SSSR count). The van der Waals surface area contributed by atoms with Gasteiger partial charge in [-0.2, -0.15) is 5.10 Å². The minimum Gasteiger partial charge on any atom is -0.396 e. The summed E-state index contributed by atoms with van der Waals surface area (Å²) in [5.41, 5.74) is 7.11. The third-order valence-corrected chi connectivity index (χ3v) is 3.02. The van der Waals surface area contributed by atoms with E-state index in [-0.39, 0.29) is 12.3 Å². The smallest absolute Gasteiger partial charge is 0.274 e. The zero-order chi connectivity index (χ0) is 14.5. The van der Waals surface area contributed by atoms with Gasteiger partial charge in [0.15, 0.2) is 5.69 Å². The first-order valence-corrected chi connectivity index (χ1v) is 6.45. The lowest BCUT2D eigenvalue weighted by molar-refractivity contribution is 0.0911.